The first-order chi connectivity index (χ1) is 12.9. The summed E-state index contributed by atoms with van der Waals surface area (Å²) in [4.78, 5) is 20.3. The monoisotopic (exact) mass is 436 g/mol. The van der Waals surface area contributed by atoms with Gasteiger partial charge < -0.3 is 4.98 Å². The van der Waals surface area contributed by atoms with Crippen LogP contribution in [0.4, 0.5) is 13.2 Å². The molecule has 3 rings (SSSR count). The van der Waals surface area contributed by atoms with E-state index < -0.39 is 28.6 Å². The number of fused-ring (bicyclic) bond motifs is 1. The van der Waals surface area contributed by atoms with E-state index in [9.17, 15) is 26.4 Å². The maximum absolute atomic E-state index is 13.2. The van der Waals surface area contributed by atoms with Crippen LogP contribution < -0.4 is 5.56 Å². The molecule has 0 aliphatic carbocycles. The number of hydrogen-bond acceptors (Lipinski definition) is 7. The number of nitrogens with zero attached hydrogens (tertiary/aromatic N) is 3. The van der Waals surface area contributed by atoms with Gasteiger partial charge in [0.15, 0.2) is 5.69 Å². The summed E-state index contributed by atoms with van der Waals surface area (Å²) in [5, 5.41) is 3.95. The lowest BCUT2D eigenvalue weighted by molar-refractivity contribution is -0.142. The van der Waals surface area contributed by atoms with Crippen molar-refractivity contribution in [2.45, 2.75) is 26.1 Å². The smallest absolute Gasteiger partial charge is 0.308 e. The van der Waals surface area contributed by atoms with Crippen molar-refractivity contribution in [2.75, 3.05) is 12.9 Å². The normalized spacial score (nSPS) is 12.8. The predicted octanol–water partition coefficient (Wildman–Crippen LogP) is 2.08. The number of alkyl halides is 3. The Kier molecular flexibility index (Phi) is 5.34. The minimum atomic E-state index is -4.72. The third kappa shape index (κ3) is 4.77. The van der Waals surface area contributed by atoms with Gasteiger partial charge in [0.1, 0.15) is 10.7 Å². The van der Waals surface area contributed by atoms with Crippen LogP contribution in [0.2, 0.25) is 0 Å². The number of aromatic nitrogens is 4. The largest absolute Gasteiger partial charge is 0.435 e. The standard InChI is InChI=1S/C15H15F3N4O4S2/c1-8-5-10-13(23)19-11(20-14(10)27-8)7-22-6-9(3-4-26-28(2,24)25)12(21-22)15(16,17)18/h5-6H,3-4,7H2,1-2H3,(H,19,20,23). The van der Waals surface area contributed by atoms with E-state index in [1.165, 1.54) is 11.3 Å². The van der Waals surface area contributed by atoms with Gasteiger partial charge >= 0.3 is 6.18 Å². The SMILES string of the molecule is Cc1cc2c(=O)[nH]c(Cn3cc(CCOS(C)(=O)=O)c(C(F)(F)F)n3)nc2s1. The first kappa shape index (κ1) is 20.5. The number of aryl methyl sites for hydroxylation is 1. The molecule has 8 nitrogen and oxygen atoms in total. The molecule has 0 saturated heterocycles. The van der Waals surface area contributed by atoms with Crippen molar-refractivity contribution >= 4 is 31.7 Å². The van der Waals surface area contributed by atoms with Crippen LogP contribution in [0.25, 0.3) is 10.2 Å². The van der Waals surface area contributed by atoms with Gasteiger partial charge in [-0.2, -0.15) is 26.7 Å². The average Bonchev–Trinajstić information content (AvgIpc) is 3.09. The lowest BCUT2D eigenvalue weighted by Gasteiger charge is -2.05. The third-order valence-electron chi connectivity index (χ3n) is 3.66. The first-order valence-corrected chi connectivity index (χ1v) is 10.5. The lowest BCUT2D eigenvalue weighted by Crippen LogP contribution is -2.15. The lowest BCUT2D eigenvalue weighted by atomic mass is 10.2. The van der Waals surface area contributed by atoms with E-state index in [-0.39, 0.29) is 29.9 Å². The molecule has 152 valence electrons. The van der Waals surface area contributed by atoms with E-state index in [0.29, 0.717) is 10.2 Å². The molecule has 0 aliphatic rings. The van der Waals surface area contributed by atoms with Gasteiger partial charge in [0.2, 0.25) is 0 Å². The van der Waals surface area contributed by atoms with Crippen molar-refractivity contribution in [2.24, 2.45) is 0 Å². The summed E-state index contributed by atoms with van der Waals surface area (Å²) in [6, 6.07) is 1.69. The summed E-state index contributed by atoms with van der Waals surface area (Å²) in [5.74, 6) is 0.162. The molecule has 28 heavy (non-hydrogen) atoms. The van der Waals surface area contributed by atoms with Crippen molar-refractivity contribution in [1.82, 2.24) is 19.7 Å². The zero-order chi connectivity index (χ0) is 20.7. The number of nitrogens with one attached hydrogen (secondary N) is 1. The highest BCUT2D eigenvalue weighted by molar-refractivity contribution is 7.85. The molecule has 0 saturated carbocycles. The summed E-state index contributed by atoms with van der Waals surface area (Å²) in [6.45, 7) is 1.20. The van der Waals surface area contributed by atoms with Crippen molar-refractivity contribution in [3.8, 4) is 0 Å². The topological polar surface area (TPSA) is 107 Å². The fourth-order valence-electron chi connectivity index (χ4n) is 2.59. The molecule has 13 heteroatoms. The quantitative estimate of drug-likeness (QED) is 0.593. The number of hydrogen-bond donors (Lipinski definition) is 1. The third-order valence-corrected chi connectivity index (χ3v) is 5.20. The first-order valence-electron chi connectivity index (χ1n) is 7.89. The highest BCUT2D eigenvalue weighted by atomic mass is 32.2. The van der Waals surface area contributed by atoms with Crippen molar-refractivity contribution in [3.63, 3.8) is 0 Å². The summed E-state index contributed by atoms with van der Waals surface area (Å²) in [7, 11) is -3.76. The van der Waals surface area contributed by atoms with Gasteiger partial charge in [-0.05, 0) is 13.0 Å². The Bertz CT molecular complexity index is 1180. The zero-order valence-electron chi connectivity index (χ0n) is 14.7. The van der Waals surface area contributed by atoms with Gasteiger partial charge in [0.05, 0.1) is 24.8 Å². The second-order valence-electron chi connectivity index (χ2n) is 6.06. The number of H-pyrrole nitrogens is 1. The molecular weight excluding hydrogens is 421 g/mol. The average molecular weight is 436 g/mol. The van der Waals surface area contributed by atoms with Crippen LogP contribution in [0.5, 0.6) is 0 Å². The van der Waals surface area contributed by atoms with E-state index in [1.54, 1.807) is 6.07 Å². The van der Waals surface area contributed by atoms with Gasteiger partial charge in [-0.25, -0.2) is 4.98 Å². The van der Waals surface area contributed by atoms with E-state index in [0.717, 1.165) is 22.0 Å². The molecule has 0 bridgehead atoms. The highest BCUT2D eigenvalue weighted by Gasteiger charge is 2.37. The summed E-state index contributed by atoms with van der Waals surface area (Å²) < 4.78 is 67.2. The maximum Gasteiger partial charge on any atom is 0.435 e. The molecule has 0 aliphatic heterocycles. The van der Waals surface area contributed by atoms with Gasteiger partial charge in [-0.1, -0.05) is 0 Å². The molecule has 3 heterocycles. The minimum absolute atomic E-state index is 0.162. The molecule has 1 N–H and O–H groups in total. The fourth-order valence-corrected chi connectivity index (χ4v) is 3.88. The summed E-state index contributed by atoms with van der Waals surface area (Å²) >= 11 is 1.30. The molecule has 0 atom stereocenters. The zero-order valence-corrected chi connectivity index (χ0v) is 16.3. The minimum Gasteiger partial charge on any atom is -0.308 e. The van der Waals surface area contributed by atoms with Crippen LogP contribution >= 0.6 is 11.3 Å². The molecule has 0 aromatic carbocycles. The van der Waals surface area contributed by atoms with Gasteiger partial charge in [0, 0.05) is 23.1 Å². The molecule has 3 aromatic rings. The summed E-state index contributed by atoms with van der Waals surface area (Å²) in [6.07, 6.45) is -3.07. The predicted molar refractivity (Wildman–Crippen MR) is 95.8 cm³/mol. The van der Waals surface area contributed by atoms with Gasteiger partial charge in [0.25, 0.3) is 15.7 Å². The molecular formula is C15H15F3N4O4S2. The van der Waals surface area contributed by atoms with Crippen LogP contribution in [-0.2, 0) is 33.4 Å². The van der Waals surface area contributed by atoms with Crippen LogP contribution in [0, 0.1) is 6.92 Å². The number of halogens is 3. The molecule has 0 unspecified atom stereocenters. The molecule has 0 amide bonds. The Morgan fingerprint density at radius 2 is 2.07 bits per heavy atom. The van der Waals surface area contributed by atoms with Crippen LogP contribution in [0.1, 0.15) is 22.0 Å². The van der Waals surface area contributed by atoms with Crippen LogP contribution in [-0.4, -0.2) is 41.0 Å². The highest BCUT2D eigenvalue weighted by Crippen LogP contribution is 2.31. The molecule has 3 aromatic heterocycles. The Morgan fingerprint density at radius 3 is 2.71 bits per heavy atom. The van der Waals surface area contributed by atoms with Crippen LogP contribution in [0.3, 0.4) is 0 Å². The van der Waals surface area contributed by atoms with Crippen LogP contribution in [0.15, 0.2) is 17.1 Å². The van der Waals surface area contributed by atoms with E-state index >= 15 is 0 Å². The fraction of sp³-hybridized carbons (Fsp3) is 0.400. The second-order valence-corrected chi connectivity index (χ2v) is 8.94. The van der Waals surface area contributed by atoms with Gasteiger partial charge in [-0.15, -0.1) is 11.3 Å². The number of aromatic amines is 1. The Morgan fingerprint density at radius 1 is 1.36 bits per heavy atom. The van der Waals surface area contributed by atoms with E-state index in [2.05, 4.69) is 19.2 Å². The van der Waals surface area contributed by atoms with E-state index in [4.69, 9.17) is 0 Å². The molecule has 0 spiro atoms. The molecule has 0 fully saturated rings. The second kappa shape index (κ2) is 7.29. The van der Waals surface area contributed by atoms with Crippen molar-refractivity contribution in [1.29, 1.82) is 0 Å². The summed E-state index contributed by atoms with van der Waals surface area (Å²) in [5.41, 5.74) is -1.74. The van der Waals surface area contributed by atoms with Gasteiger partial charge in [-0.3, -0.25) is 13.7 Å². The van der Waals surface area contributed by atoms with E-state index in [1.807, 2.05) is 6.92 Å². The Balaban J connectivity index is 1.89. The van der Waals surface area contributed by atoms with Crippen molar-refractivity contribution < 1.29 is 25.8 Å². The van der Waals surface area contributed by atoms with Crippen molar-refractivity contribution in [3.05, 3.63) is 44.6 Å². The molecule has 0 radical (unpaired) electrons. The maximum atomic E-state index is 13.2. The Labute approximate surface area is 161 Å². The number of rotatable bonds is 6. The Hall–Kier alpha value is -2.25. The number of thiophene rings is 1.